The minimum Gasteiger partial charge on any atom is -0.396 e. The molecule has 1 aromatic heterocycles. The second kappa shape index (κ2) is 5.12. The summed E-state index contributed by atoms with van der Waals surface area (Å²) in [5.74, 6) is 2.17. The number of aliphatic hydroxyl groups excluding tert-OH is 1. The quantitative estimate of drug-likeness (QED) is 0.789. The lowest BCUT2D eigenvalue weighted by molar-refractivity contribution is 0.203. The van der Waals surface area contributed by atoms with Crippen LogP contribution in [0.5, 0.6) is 0 Å². The molecule has 0 aliphatic carbocycles. The molecule has 88 valence electrons. The number of hydrogen-bond acceptors (Lipinski definition) is 5. The topological polar surface area (TPSA) is 61.3 Å². The first-order valence-corrected chi connectivity index (χ1v) is 5.69. The zero-order chi connectivity index (χ0) is 11.4. The van der Waals surface area contributed by atoms with E-state index in [1.165, 1.54) is 0 Å². The molecule has 0 bridgehead atoms. The third kappa shape index (κ3) is 2.41. The van der Waals surface area contributed by atoms with Crippen LogP contribution in [0.3, 0.4) is 0 Å². The van der Waals surface area contributed by atoms with Gasteiger partial charge in [-0.3, -0.25) is 4.98 Å². The third-order valence-corrected chi connectivity index (χ3v) is 3.07. The van der Waals surface area contributed by atoms with E-state index in [2.05, 4.69) is 20.2 Å². The van der Waals surface area contributed by atoms with Gasteiger partial charge in [0.2, 0.25) is 0 Å². The van der Waals surface area contributed by atoms with Crippen molar-refractivity contribution in [2.24, 2.45) is 5.92 Å². The molecule has 5 heteroatoms. The molecule has 0 unspecified atom stereocenters. The average molecular weight is 222 g/mol. The van der Waals surface area contributed by atoms with Crippen molar-refractivity contribution in [2.45, 2.75) is 12.8 Å². The summed E-state index contributed by atoms with van der Waals surface area (Å²) < 4.78 is 0. The lowest BCUT2D eigenvalue weighted by atomic mass is 9.98. The number of nitrogens with zero attached hydrogens (tertiary/aromatic N) is 3. The summed E-state index contributed by atoms with van der Waals surface area (Å²) in [4.78, 5) is 10.8. The van der Waals surface area contributed by atoms with Crippen LogP contribution in [-0.2, 0) is 0 Å². The molecule has 0 atom stereocenters. The van der Waals surface area contributed by atoms with Gasteiger partial charge in [-0.2, -0.15) is 0 Å². The predicted octanol–water partition coefficient (Wildman–Crippen LogP) is 0.727. The Labute approximate surface area is 95.5 Å². The van der Waals surface area contributed by atoms with Gasteiger partial charge in [0, 0.05) is 26.7 Å². The van der Waals surface area contributed by atoms with Crippen LogP contribution in [0, 0.1) is 5.92 Å². The van der Waals surface area contributed by atoms with Gasteiger partial charge in [-0.05, 0) is 18.8 Å². The van der Waals surface area contributed by atoms with Crippen LogP contribution in [0.15, 0.2) is 12.4 Å². The van der Waals surface area contributed by atoms with E-state index in [1.54, 1.807) is 12.4 Å². The molecule has 1 aromatic rings. The molecular formula is C11H18N4O. The van der Waals surface area contributed by atoms with Gasteiger partial charge in [-0.25, -0.2) is 4.98 Å². The average Bonchev–Trinajstić information content (AvgIpc) is 2.39. The summed E-state index contributed by atoms with van der Waals surface area (Å²) in [7, 11) is 1.84. The molecule has 5 nitrogen and oxygen atoms in total. The number of anilines is 2. The first-order chi connectivity index (χ1) is 7.83. The van der Waals surface area contributed by atoms with E-state index in [0.29, 0.717) is 12.5 Å². The Kier molecular flexibility index (Phi) is 3.56. The first-order valence-electron chi connectivity index (χ1n) is 5.69. The molecule has 0 spiro atoms. The third-order valence-electron chi connectivity index (χ3n) is 3.07. The van der Waals surface area contributed by atoms with Gasteiger partial charge in [-0.1, -0.05) is 0 Å². The van der Waals surface area contributed by atoms with Crippen molar-refractivity contribution in [3.63, 3.8) is 0 Å². The summed E-state index contributed by atoms with van der Waals surface area (Å²) in [6.07, 6.45) is 5.56. The molecule has 0 amide bonds. The van der Waals surface area contributed by atoms with E-state index in [4.69, 9.17) is 5.11 Å². The van der Waals surface area contributed by atoms with Crippen molar-refractivity contribution < 1.29 is 5.11 Å². The van der Waals surface area contributed by atoms with Gasteiger partial charge >= 0.3 is 0 Å². The van der Waals surface area contributed by atoms with E-state index in [1.807, 2.05) is 7.05 Å². The molecule has 1 aliphatic rings. The number of aromatic nitrogens is 2. The highest BCUT2D eigenvalue weighted by Gasteiger charge is 2.19. The minimum atomic E-state index is 0.302. The molecule has 1 aliphatic heterocycles. The standard InChI is InChI=1S/C11H18N4O/c1-12-10-6-13-7-11(14-10)15-4-2-9(8-16)3-5-15/h6-7,9,16H,2-5,8H2,1H3,(H,12,14). The summed E-state index contributed by atoms with van der Waals surface area (Å²) >= 11 is 0. The van der Waals surface area contributed by atoms with Gasteiger partial charge in [0.15, 0.2) is 0 Å². The van der Waals surface area contributed by atoms with Crippen LogP contribution in [0.2, 0.25) is 0 Å². The number of piperidine rings is 1. The van der Waals surface area contributed by atoms with Gasteiger partial charge in [0.05, 0.1) is 12.4 Å². The Hall–Kier alpha value is -1.36. The van der Waals surface area contributed by atoms with Crippen molar-refractivity contribution in [2.75, 3.05) is 37.0 Å². The number of aliphatic hydroxyl groups is 1. The Balaban J connectivity index is 2.02. The fourth-order valence-electron chi connectivity index (χ4n) is 1.97. The van der Waals surface area contributed by atoms with Crippen molar-refractivity contribution in [3.05, 3.63) is 12.4 Å². The smallest absolute Gasteiger partial charge is 0.149 e. The second-order valence-corrected chi connectivity index (χ2v) is 4.13. The maximum atomic E-state index is 9.07. The lowest BCUT2D eigenvalue weighted by Gasteiger charge is -2.31. The summed E-state index contributed by atoms with van der Waals surface area (Å²) in [5.41, 5.74) is 0. The lowest BCUT2D eigenvalue weighted by Crippen LogP contribution is -2.35. The van der Waals surface area contributed by atoms with E-state index in [0.717, 1.165) is 37.6 Å². The van der Waals surface area contributed by atoms with E-state index in [-0.39, 0.29) is 0 Å². The Morgan fingerprint density at radius 3 is 2.81 bits per heavy atom. The van der Waals surface area contributed by atoms with Crippen molar-refractivity contribution >= 4 is 11.6 Å². The molecule has 0 saturated carbocycles. The van der Waals surface area contributed by atoms with Crippen LogP contribution in [0.1, 0.15) is 12.8 Å². The monoisotopic (exact) mass is 222 g/mol. The van der Waals surface area contributed by atoms with Crippen molar-refractivity contribution in [1.29, 1.82) is 0 Å². The Bertz CT molecular complexity index is 337. The van der Waals surface area contributed by atoms with Crippen LogP contribution in [0.25, 0.3) is 0 Å². The SMILES string of the molecule is CNc1cncc(N2CCC(CO)CC2)n1. The minimum absolute atomic E-state index is 0.302. The normalized spacial score (nSPS) is 17.5. The van der Waals surface area contributed by atoms with E-state index < -0.39 is 0 Å². The van der Waals surface area contributed by atoms with Crippen molar-refractivity contribution in [1.82, 2.24) is 9.97 Å². The number of rotatable bonds is 3. The number of nitrogens with one attached hydrogen (secondary N) is 1. The van der Waals surface area contributed by atoms with Crippen LogP contribution in [-0.4, -0.2) is 41.8 Å². The molecule has 0 radical (unpaired) electrons. The molecule has 16 heavy (non-hydrogen) atoms. The predicted molar refractivity (Wildman–Crippen MR) is 63.6 cm³/mol. The van der Waals surface area contributed by atoms with Crippen LogP contribution in [0.4, 0.5) is 11.6 Å². The Morgan fingerprint density at radius 2 is 2.19 bits per heavy atom. The zero-order valence-electron chi connectivity index (χ0n) is 9.56. The molecule has 1 fully saturated rings. The highest BCUT2D eigenvalue weighted by molar-refractivity contribution is 5.43. The summed E-state index contributed by atoms with van der Waals surface area (Å²) in [6.45, 7) is 2.20. The zero-order valence-corrected chi connectivity index (χ0v) is 9.56. The maximum Gasteiger partial charge on any atom is 0.149 e. The van der Waals surface area contributed by atoms with Gasteiger partial charge < -0.3 is 15.3 Å². The van der Waals surface area contributed by atoms with Crippen LogP contribution >= 0.6 is 0 Å². The van der Waals surface area contributed by atoms with Crippen molar-refractivity contribution in [3.8, 4) is 0 Å². The van der Waals surface area contributed by atoms with Gasteiger partial charge in [0.1, 0.15) is 11.6 Å². The summed E-state index contributed by atoms with van der Waals surface area (Å²) in [5, 5.41) is 12.1. The van der Waals surface area contributed by atoms with E-state index in [9.17, 15) is 0 Å². The molecule has 2 rings (SSSR count). The molecule has 2 heterocycles. The molecule has 1 saturated heterocycles. The first kappa shape index (κ1) is 11.1. The second-order valence-electron chi connectivity index (χ2n) is 4.13. The fourth-order valence-corrected chi connectivity index (χ4v) is 1.97. The highest BCUT2D eigenvalue weighted by Crippen LogP contribution is 2.21. The van der Waals surface area contributed by atoms with Crippen LogP contribution < -0.4 is 10.2 Å². The van der Waals surface area contributed by atoms with Gasteiger partial charge in [-0.15, -0.1) is 0 Å². The molecule has 0 aromatic carbocycles. The largest absolute Gasteiger partial charge is 0.396 e. The highest BCUT2D eigenvalue weighted by atomic mass is 16.3. The Morgan fingerprint density at radius 1 is 1.44 bits per heavy atom. The maximum absolute atomic E-state index is 9.07. The fraction of sp³-hybridized carbons (Fsp3) is 0.636. The van der Waals surface area contributed by atoms with E-state index >= 15 is 0 Å². The molecule has 2 N–H and O–H groups in total. The number of hydrogen-bond donors (Lipinski definition) is 2. The van der Waals surface area contributed by atoms with Gasteiger partial charge in [0.25, 0.3) is 0 Å². The summed E-state index contributed by atoms with van der Waals surface area (Å²) in [6, 6.07) is 0. The molecular weight excluding hydrogens is 204 g/mol.